The van der Waals surface area contributed by atoms with E-state index in [1.54, 1.807) is 62.4 Å². The van der Waals surface area contributed by atoms with Gasteiger partial charge in [-0.2, -0.15) is 4.31 Å². The fourth-order valence-corrected chi connectivity index (χ4v) is 6.40. The van der Waals surface area contributed by atoms with E-state index < -0.39 is 10.0 Å². The number of benzene rings is 2. The van der Waals surface area contributed by atoms with Crippen LogP contribution in [0.1, 0.15) is 30.7 Å². The molecule has 1 aliphatic rings. The second kappa shape index (κ2) is 9.73. The Kier molecular flexibility index (Phi) is 7.32. The van der Waals surface area contributed by atoms with Crippen LogP contribution in [-0.4, -0.2) is 45.8 Å². The van der Waals surface area contributed by atoms with Crippen molar-refractivity contribution >= 4 is 21.8 Å². The molecule has 0 saturated carbocycles. The summed E-state index contributed by atoms with van der Waals surface area (Å²) in [7, 11) is -0.488. The Hall–Kier alpha value is -1.90. The van der Waals surface area contributed by atoms with Crippen LogP contribution < -0.4 is 14.2 Å². The van der Waals surface area contributed by atoms with Crippen LogP contribution in [0.2, 0.25) is 0 Å². The third kappa shape index (κ3) is 4.82. The quantitative estimate of drug-likeness (QED) is 0.545. The largest absolute Gasteiger partial charge is 0.497 e. The molecule has 29 heavy (non-hydrogen) atoms. The minimum atomic E-state index is -3.66. The minimum absolute atomic E-state index is 0.259. The van der Waals surface area contributed by atoms with Crippen molar-refractivity contribution in [2.45, 2.75) is 30.0 Å². The van der Waals surface area contributed by atoms with E-state index in [1.807, 2.05) is 6.07 Å². The Morgan fingerprint density at radius 1 is 1.07 bits per heavy atom. The molecule has 2 aromatic carbocycles. The predicted octanol–water partition coefficient (Wildman–Crippen LogP) is 4.32. The maximum atomic E-state index is 13.3. The van der Waals surface area contributed by atoms with Gasteiger partial charge in [0, 0.05) is 17.9 Å². The zero-order chi connectivity index (χ0) is 20.9. The number of thioether (sulfide) groups is 1. The molecule has 2 aromatic rings. The molecule has 0 N–H and O–H groups in total. The monoisotopic (exact) mass is 437 g/mol. The third-order valence-corrected chi connectivity index (χ3v) is 8.00. The Balaban J connectivity index is 1.87. The summed E-state index contributed by atoms with van der Waals surface area (Å²) < 4.78 is 44.7. The first-order valence-corrected chi connectivity index (χ1v) is 12.1. The van der Waals surface area contributed by atoms with Crippen molar-refractivity contribution in [2.24, 2.45) is 0 Å². The Bertz CT molecular complexity index is 915. The first kappa shape index (κ1) is 21.8. The summed E-state index contributed by atoms with van der Waals surface area (Å²) in [5.74, 6) is 2.70. The standard InChI is InChI=1S/C21H27NO5S2/c1-4-5-13-27-16-6-9-18(10-7-16)29(23,24)22-12-14-28-21(22)19-15-17(25-2)8-11-20(19)26-3/h6-11,15,21H,4-5,12-14H2,1-3H3/t21-/m1/s1. The molecular formula is C21H27NO5S2. The van der Waals surface area contributed by atoms with E-state index in [1.165, 1.54) is 4.31 Å². The van der Waals surface area contributed by atoms with Crippen molar-refractivity contribution in [3.63, 3.8) is 0 Å². The summed E-state index contributed by atoms with van der Waals surface area (Å²) in [6, 6.07) is 12.1. The van der Waals surface area contributed by atoms with Gasteiger partial charge in [0.2, 0.25) is 10.0 Å². The number of unbranched alkanes of at least 4 members (excludes halogenated alkanes) is 1. The fraction of sp³-hybridized carbons (Fsp3) is 0.429. The van der Waals surface area contributed by atoms with E-state index in [-0.39, 0.29) is 10.3 Å². The van der Waals surface area contributed by atoms with Gasteiger partial charge in [0.05, 0.1) is 31.1 Å². The van der Waals surface area contributed by atoms with Crippen molar-refractivity contribution in [3.8, 4) is 17.2 Å². The van der Waals surface area contributed by atoms with Gasteiger partial charge < -0.3 is 14.2 Å². The predicted molar refractivity (Wildman–Crippen MR) is 115 cm³/mol. The van der Waals surface area contributed by atoms with Gasteiger partial charge in [-0.3, -0.25) is 0 Å². The maximum Gasteiger partial charge on any atom is 0.244 e. The van der Waals surface area contributed by atoms with E-state index in [4.69, 9.17) is 14.2 Å². The number of sulfonamides is 1. The molecule has 1 fully saturated rings. The highest BCUT2D eigenvalue weighted by molar-refractivity contribution is 8.01. The van der Waals surface area contributed by atoms with Crippen molar-refractivity contribution < 1.29 is 22.6 Å². The van der Waals surface area contributed by atoms with Crippen molar-refractivity contribution in [1.82, 2.24) is 4.31 Å². The summed E-state index contributed by atoms with van der Waals surface area (Å²) in [6.45, 7) is 3.16. The second-order valence-electron chi connectivity index (χ2n) is 6.62. The van der Waals surface area contributed by atoms with E-state index in [9.17, 15) is 8.42 Å². The molecule has 0 aliphatic carbocycles. The van der Waals surface area contributed by atoms with Gasteiger partial charge in [0.15, 0.2) is 0 Å². The van der Waals surface area contributed by atoms with Crippen LogP contribution >= 0.6 is 11.8 Å². The molecule has 1 atom stereocenters. The van der Waals surface area contributed by atoms with Crippen molar-refractivity contribution in [2.75, 3.05) is 33.1 Å². The second-order valence-corrected chi connectivity index (χ2v) is 9.70. The fourth-order valence-electron chi connectivity index (χ4n) is 3.16. The van der Waals surface area contributed by atoms with Gasteiger partial charge in [0.25, 0.3) is 0 Å². The van der Waals surface area contributed by atoms with Crippen LogP contribution in [0.15, 0.2) is 47.4 Å². The highest BCUT2D eigenvalue weighted by Gasteiger charge is 2.38. The van der Waals surface area contributed by atoms with Crippen molar-refractivity contribution in [1.29, 1.82) is 0 Å². The SMILES string of the molecule is CCCCOc1ccc(S(=O)(=O)N2CCS[C@@H]2c2cc(OC)ccc2OC)cc1. The molecule has 1 saturated heterocycles. The van der Waals surface area contributed by atoms with Crippen LogP contribution in [0.25, 0.3) is 0 Å². The highest BCUT2D eigenvalue weighted by Crippen LogP contribution is 2.45. The molecule has 0 amide bonds. The zero-order valence-corrected chi connectivity index (χ0v) is 18.6. The first-order chi connectivity index (χ1) is 14.0. The Morgan fingerprint density at radius 2 is 1.79 bits per heavy atom. The summed E-state index contributed by atoms with van der Waals surface area (Å²) in [4.78, 5) is 0.259. The van der Waals surface area contributed by atoms with Gasteiger partial charge >= 0.3 is 0 Å². The van der Waals surface area contributed by atoms with Crippen LogP contribution in [0.4, 0.5) is 0 Å². The van der Waals surface area contributed by atoms with Gasteiger partial charge in [-0.05, 0) is 48.9 Å². The van der Waals surface area contributed by atoms with Crippen LogP contribution in [-0.2, 0) is 10.0 Å². The van der Waals surface area contributed by atoms with Gasteiger partial charge in [-0.1, -0.05) is 13.3 Å². The molecule has 3 rings (SSSR count). The maximum absolute atomic E-state index is 13.3. The molecule has 8 heteroatoms. The summed E-state index contributed by atoms with van der Waals surface area (Å²) >= 11 is 1.58. The smallest absolute Gasteiger partial charge is 0.244 e. The minimum Gasteiger partial charge on any atom is -0.497 e. The molecule has 0 unspecified atom stereocenters. The molecule has 0 spiro atoms. The molecule has 158 valence electrons. The zero-order valence-electron chi connectivity index (χ0n) is 17.0. The molecule has 1 heterocycles. The van der Waals surface area contributed by atoms with E-state index in [2.05, 4.69) is 6.92 Å². The molecule has 1 aliphatic heterocycles. The van der Waals surface area contributed by atoms with Crippen LogP contribution in [0, 0.1) is 0 Å². The van der Waals surface area contributed by atoms with E-state index >= 15 is 0 Å². The van der Waals surface area contributed by atoms with E-state index in [0.717, 1.165) is 18.4 Å². The molecule has 0 radical (unpaired) electrons. The lowest BCUT2D eigenvalue weighted by atomic mass is 10.2. The van der Waals surface area contributed by atoms with E-state index in [0.29, 0.717) is 36.2 Å². The number of rotatable bonds is 9. The average Bonchev–Trinajstić information content (AvgIpc) is 3.24. The van der Waals surface area contributed by atoms with Gasteiger partial charge in [-0.15, -0.1) is 11.8 Å². The average molecular weight is 438 g/mol. The molecule has 0 bridgehead atoms. The molecule has 0 aromatic heterocycles. The summed E-state index contributed by atoms with van der Waals surface area (Å²) in [5.41, 5.74) is 0.789. The van der Waals surface area contributed by atoms with Gasteiger partial charge in [0.1, 0.15) is 17.2 Å². The summed E-state index contributed by atoms with van der Waals surface area (Å²) in [6.07, 6.45) is 2.02. The number of ether oxygens (including phenoxy) is 3. The number of hydrogen-bond acceptors (Lipinski definition) is 6. The lowest BCUT2D eigenvalue weighted by Crippen LogP contribution is -2.30. The third-order valence-electron chi connectivity index (χ3n) is 4.75. The Morgan fingerprint density at radius 3 is 2.45 bits per heavy atom. The molecular weight excluding hydrogens is 410 g/mol. The lowest BCUT2D eigenvalue weighted by Gasteiger charge is -2.25. The number of nitrogens with zero attached hydrogens (tertiary/aromatic N) is 1. The molecule has 6 nitrogen and oxygen atoms in total. The highest BCUT2D eigenvalue weighted by atomic mass is 32.2. The lowest BCUT2D eigenvalue weighted by molar-refractivity contribution is 0.309. The van der Waals surface area contributed by atoms with Gasteiger partial charge in [-0.25, -0.2) is 8.42 Å². The van der Waals surface area contributed by atoms with Crippen LogP contribution in [0.3, 0.4) is 0 Å². The first-order valence-electron chi connectivity index (χ1n) is 9.59. The number of methoxy groups -OCH3 is 2. The number of hydrogen-bond donors (Lipinski definition) is 0. The Labute approximate surface area is 177 Å². The summed E-state index contributed by atoms with van der Waals surface area (Å²) in [5, 5.41) is -0.370. The van der Waals surface area contributed by atoms with Crippen molar-refractivity contribution in [3.05, 3.63) is 48.0 Å². The van der Waals surface area contributed by atoms with Crippen LogP contribution in [0.5, 0.6) is 17.2 Å². The normalized spacial score (nSPS) is 17.3. The topological polar surface area (TPSA) is 65.1 Å².